The van der Waals surface area contributed by atoms with Crippen molar-refractivity contribution in [1.82, 2.24) is 0 Å². The largest absolute Gasteiger partial charge is 0.326 e. The van der Waals surface area contributed by atoms with Gasteiger partial charge >= 0.3 is 0 Å². The van der Waals surface area contributed by atoms with Crippen molar-refractivity contribution in [2.24, 2.45) is 5.73 Å². The van der Waals surface area contributed by atoms with Gasteiger partial charge in [0.1, 0.15) is 5.82 Å². The summed E-state index contributed by atoms with van der Waals surface area (Å²) in [5, 5.41) is -0.456. The van der Waals surface area contributed by atoms with Gasteiger partial charge in [0.15, 0.2) is 9.84 Å². The van der Waals surface area contributed by atoms with Crippen molar-refractivity contribution in [3.8, 4) is 0 Å². The van der Waals surface area contributed by atoms with Crippen LogP contribution in [0.4, 0.5) is 4.39 Å². The smallest absolute Gasteiger partial charge is 0.154 e. The first kappa shape index (κ1) is 14.8. The highest BCUT2D eigenvalue weighted by molar-refractivity contribution is 7.92. The molecule has 0 amide bonds. The summed E-state index contributed by atoms with van der Waals surface area (Å²) >= 11 is 5.61. The van der Waals surface area contributed by atoms with Crippen LogP contribution in [0.1, 0.15) is 24.8 Å². The lowest BCUT2D eigenvalue weighted by molar-refractivity contribution is 0.494. The van der Waals surface area contributed by atoms with E-state index in [1.54, 1.807) is 6.07 Å². The highest BCUT2D eigenvalue weighted by Crippen LogP contribution is 2.24. The molecule has 1 heterocycles. The van der Waals surface area contributed by atoms with Crippen molar-refractivity contribution in [2.75, 3.05) is 5.75 Å². The van der Waals surface area contributed by atoms with Gasteiger partial charge in [-0.25, -0.2) is 12.8 Å². The Hall–Kier alpha value is -0.650. The van der Waals surface area contributed by atoms with E-state index < -0.39 is 26.9 Å². The third kappa shape index (κ3) is 3.46. The quantitative estimate of drug-likeness (QED) is 0.932. The Morgan fingerprint density at radius 2 is 2.16 bits per heavy atom. The molecular formula is C13H17ClFNO2S. The zero-order chi connectivity index (χ0) is 14.0. The molecule has 2 rings (SSSR count). The zero-order valence-corrected chi connectivity index (χ0v) is 12.1. The minimum Gasteiger partial charge on any atom is -0.326 e. The van der Waals surface area contributed by atoms with Crippen LogP contribution >= 0.6 is 11.6 Å². The normalized spacial score (nSPS) is 24.1. The van der Waals surface area contributed by atoms with Crippen molar-refractivity contribution in [3.05, 3.63) is 34.6 Å². The lowest BCUT2D eigenvalue weighted by atomic mass is 10.0. The van der Waals surface area contributed by atoms with E-state index in [-0.39, 0.29) is 10.8 Å². The lowest BCUT2D eigenvalue weighted by Gasteiger charge is -2.27. The third-order valence-electron chi connectivity index (χ3n) is 3.56. The summed E-state index contributed by atoms with van der Waals surface area (Å²) in [5.41, 5.74) is 6.69. The van der Waals surface area contributed by atoms with Crippen molar-refractivity contribution < 1.29 is 12.8 Å². The van der Waals surface area contributed by atoms with Gasteiger partial charge in [-0.15, -0.1) is 0 Å². The summed E-state index contributed by atoms with van der Waals surface area (Å²) in [6.07, 6.45) is 2.53. The van der Waals surface area contributed by atoms with E-state index in [1.165, 1.54) is 12.1 Å². The first-order chi connectivity index (χ1) is 8.90. The molecule has 2 N–H and O–H groups in total. The summed E-state index contributed by atoms with van der Waals surface area (Å²) in [6, 6.07) is 3.97. The molecule has 2 unspecified atom stereocenters. The van der Waals surface area contributed by atoms with Crippen LogP contribution < -0.4 is 5.73 Å². The van der Waals surface area contributed by atoms with Gasteiger partial charge in [-0.3, -0.25) is 0 Å². The SMILES string of the molecule is NC(Cc1ccc(Cl)c(F)c1)C1CCCCS1(=O)=O. The lowest BCUT2D eigenvalue weighted by Crippen LogP contribution is -2.44. The van der Waals surface area contributed by atoms with Crippen LogP contribution in [0.5, 0.6) is 0 Å². The van der Waals surface area contributed by atoms with Crippen LogP contribution in [0.3, 0.4) is 0 Å². The Bertz CT molecular complexity index is 562. The molecule has 0 saturated carbocycles. The van der Waals surface area contributed by atoms with E-state index in [4.69, 9.17) is 17.3 Å². The molecule has 2 atom stereocenters. The molecule has 106 valence electrons. The van der Waals surface area contributed by atoms with Crippen LogP contribution in [0.25, 0.3) is 0 Å². The molecule has 6 heteroatoms. The van der Waals surface area contributed by atoms with Gasteiger partial charge in [-0.2, -0.15) is 0 Å². The van der Waals surface area contributed by atoms with E-state index in [0.29, 0.717) is 24.8 Å². The van der Waals surface area contributed by atoms with Crippen molar-refractivity contribution in [1.29, 1.82) is 0 Å². The number of halogens is 2. The fraction of sp³-hybridized carbons (Fsp3) is 0.538. The number of hydrogen-bond acceptors (Lipinski definition) is 3. The summed E-state index contributed by atoms with van der Waals surface area (Å²) in [7, 11) is -3.11. The number of benzene rings is 1. The molecule has 0 aromatic heterocycles. The molecule has 0 spiro atoms. The van der Waals surface area contributed by atoms with Gasteiger partial charge in [0, 0.05) is 6.04 Å². The fourth-order valence-electron chi connectivity index (χ4n) is 2.53. The van der Waals surface area contributed by atoms with Crippen LogP contribution in [0.2, 0.25) is 5.02 Å². The molecule has 1 aromatic rings. The topological polar surface area (TPSA) is 60.2 Å². The van der Waals surface area contributed by atoms with Gasteiger partial charge in [-0.05, 0) is 37.0 Å². The molecule has 19 heavy (non-hydrogen) atoms. The van der Waals surface area contributed by atoms with Crippen molar-refractivity contribution >= 4 is 21.4 Å². The predicted molar refractivity (Wildman–Crippen MR) is 74.5 cm³/mol. The van der Waals surface area contributed by atoms with E-state index in [2.05, 4.69) is 0 Å². The van der Waals surface area contributed by atoms with E-state index in [9.17, 15) is 12.8 Å². The molecule has 1 saturated heterocycles. The molecule has 0 bridgehead atoms. The highest BCUT2D eigenvalue weighted by atomic mass is 35.5. The van der Waals surface area contributed by atoms with E-state index in [0.717, 1.165) is 6.42 Å². The molecule has 1 aromatic carbocycles. The van der Waals surface area contributed by atoms with Gasteiger partial charge in [0.05, 0.1) is 16.0 Å². The van der Waals surface area contributed by atoms with Crippen molar-refractivity contribution in [3.63, 3.8) is 0 Å². The maximum absolute atomic E-state index is 13.3. The Balaban J connectivity index is 2.11. The van der Waals surface area contributed by atoms with Gasteiger partial charge in [0.25, 0.3) is 0 Å². The highest BCUT2D eigenvalue weighted by Gasteiger charge is 2.33. The fourth-order valence-corrected chi connectivity index (χ4v) is 4.71. The minimum absolute atomic E-state index is 0.0580. The first-order valence-electron chi connectivity index (χ1n) is 6.31. The average molecular weight is 306 g/mol. The maximum Gasteiger partial charge on any atom is 0.154 e. The summed E-state index contributed by atoms with van der Waals surface area (Å²) in [5.74, 6) is -0.293. The molecule has 1 aliphatic rings. The second-order valence-electron chi connectivity index (χ2n) is 5.02. The maximum atomic E-state index is 13.3. The Morgan fingerprint density at radius 3 is 2.79 bits per heavy atom. The van der Waals surface area contributed by atoms with E-state index in [1.807, 2.05) is 0 Å². The average Bonchev–Trinajstić information content (AvgIpc) is 2.33. The minimum atomic E-state index is -3.11. The Labute approximate surface area is 117 Å². The van der Waals surface area contributed by atoms with E-state index >= 15 is 0 Å². The summed E-state index contributed by atoms with van der Waals surface area (Å²) in [4.78, 5) is 0. The number of rotatable bonds is 3. The van der Waals surface area contributed by atoms with Gasteiger partial charge < -0.3 is 5.73 Å². The van der Waals surface area contributed by atoms with Crippen LogP contribution in [0, 0.1) is 5.82 Å². The standard InChI is InChI=1S/C13H17ClFNO2S/c14-10-5-4-9(7-11(10)15)8-12(16)13-3-1-2-6-19(13,17)18/h4-5,7,12-13H,1-3,6,8,16H2. The first-order valence-corrected chi connectivity index (χ1v) is 8.40. The third-order valence-corrected chi connectivity index (χ3v) is 6.23. The van der Waals surface area contributed by atoms with Crippen LogP contribution in [-0.2, 0) is 16.3 Å². The second-order valence-corrected chi connectivity index (χ2v) is 7.76. The molecule has 1 aliphatic heterocycles. The molecule has 0 radical (unpaired) electrons. The predicted octanol–water partition coefficient (Wildman–Crippen LogP) is 2.32. The monoisotopic (exact) mass is 305 g/mol. The number of hydrogen-bond donors (Lipinski definition) is 1. The molecule has 3 nitrogen and oxygen atoms in total. The summed E-state index contributed by atoms with van der Waals surface area (Å²) in [6.45, 7) is 0. The number of sulfone groups is 1. The van der Waals surface area contributed by atoms with Gasteiger partial charge in [0.2, 0.25) is 0 Å². The summed E-state index contributed by atoms with van der Waals surface area (Å²) < 4.78 is 37.3. The molecule has 0 aliphatic carbocycles. The molecular weight excluding hydrogens is 289 g/mol. The second kappa shape index (κ2) is 5.77. The van der Waals surface area contributed by atoms with Gasteiger partial charge in [-0.1, -0.05) is 24.1 Å². The Kier molecular flexibility index (Phi) is 4.48. The van der Waals surface area contributed by atoms with Crippen LogP contribution in [0.15, 0.2) is 18.2 Å². The zero-order valence-electron chi connectivity index (χ0n) is 10.5. The molecule has 1 fully saturated rings. The van der Waals surface area contributed by atoms with Crippen LogP contribution in [-0.4, -0.2) is 25.5 Å². The number of nitrogens with two attached hydrogens (primary N) is 1. The Morgan fingerprint density at radius 1 is 1.42 bits per heavy atom. The van der Waals surface area contributed by atoms with Crippen molar-refractivity contribution in [2.45, 2.75) is 37.0 Å².